The monoisotopic (exact) mass is 379 g/mol. The maximum Gasteiger partial charge on any atom is 0.471 e. The largest absolute Gasteiger partial charge is 0.471 e. The first-order valence-corrected chi connectivity index (χ1v) is 8.69. The van der Waals surface area contributed by atoms with E-state index in [1.165, 1.54) is 24.4 Å². The molecule has 3 heterocycles. The van der Waals surface area contributed by atoms with Crippen LogP contribution < -0.4 is 0 Å². The number of benzene rings is 1. The Morgan fingerprint density at radius 1 is 1.04 bits per heavy atom. The van der Waals surface area contributed by atoms with Crippen LogP contribution in [0.3, 0.4) is 0 Å². The van der Waals surface area contributed by atoms with Gasteiger partial charge in [0.05, 0.1) is 4.90 Å². The summed E-state index contributed by atoms with van der Waals surface area (Å²) in [5.41, 5.74) is 0.884. The summed E-state index contributed by atoms with van der Waals surface area (Å²) in [6.07, 6.45) is -0.217. The first kappa shape index (κ1) is 16.5. The van der Waals surface area contributed by atoms with Gasteiger partial charge in [0.1, 0.15) is 0 Å². The first-order valence-electron chi connectivity index (χ1n) is 7.20. The number of halogens is 3. The number of rotatable bonds is 1. The summed E-state index contributed by atoms with van der Waals surface area (Å²) in [6, 6.07) is 7.32. The van der Waals surface area contributed by atoms with Crippen LogP contribution in [0.25, 0.3) is 23.5 Å². The predicted octanol–water partition coefficient (Wildman–Crippen LogP) is 3.47. The lowest BCUT2D eigenvalue weighted by Crippen LogP contribution is -2.07. The summed E-state index contributed by atoms with van der Waals surface area (Å²) < 4.78 is 67.9. The summed E-state index contributed by atoms with van der Waals surface area (Å²) in [5.74, 6) is -1.86. The van der Waals surface area contributed by atoms with E-state index in [1.807, 2.05) is 0 Å². The zero-order chi connectivity index (χ0) is 18.5. The molecule has 1 aromatic carbocycles. The second kappa shape index (κ2) is 5.49. The van der Waals surface area contributed by atoms with Gasteiger partial charge >= 0.3 is 12.1 Å². The van der Waals surface area contributed by atoms with Crippen LogP contribution in [0.2, 0.25) is 0 Å². The van der Waals surface area contributed by atoms with Crippen LogP contribution in [0.5, 0.6) is 0 Å². The molecule has 0 unspecified atom stereocenters. The van der Waals surface area contributed by atoms with Gasteiger partial charge in [0.2, 0.25) is 15.7 Å². The van der Waals surface area contributed by atoms with Crippen LogP contribution in [-0.4, -0.2) is 23.5 Å². The second-order valence-electron chi connectivity index (χ2n) is 5.41. The standard InChI is InChI=1S/C16H8F3N3O3S/c17-16(18,19)15-21-13(22-25-15)11-6-4-9-3-5-10-2-1-7-20-14(10)26(23,24)12(9)8-11/h1-8H. The fraction of sp³-hybridized carbons (Fsp3) is 0.0625. The fourth-order valence-corrected chi connectivity index (χ4v) is 4.12. The minimum absolute atomic E-state index is 0.0827. The van der Waals surface area contributed by atoms with Gasteiger partial charge in [-0.25, -0.2) is 13.4 Å². The van der Waals surface area contributed by atoms with Crippen molar-refractivity contribution < 1.29 is 26.1 Å². The topological polar surface area (TPSA) is 86.0 Å². The van der Waals surface area contributed by atoms with E-state index >= 15 is 0 Å². The number of alkyl halides is 3. The molecular formula is C16H8F3N3O3S. The highest BCUT2D eigenvalue weighted by Crippen LogP contribution is 2.34. The molecule has 0 spiro atoms. The van der Waals surface area contributed by atoms with Gasteiger partial charge in [-0.15, -0.1) is 0 Å². The Morgan fingerprint density at radius 2 is 1.81 bits per heavy atom. The summed E-state index contributed by atoms with van der Waals surface area (Å²) >= 11 is 0. The molecule has 0 N–H and O–H groups in total. The van der Waals surface area contributed by atoms with Gasteiger partial charge in [-0.3, -0.25) is 0 Å². The smallest absolute Gasteiger partial charge is 0.329 e. The zero-order valence-electron chi connectivity index (χ0n) is 12.7. The quantitative estimate of drug-likeness (QED) is 0.503. The van der Waals surface area contributed by atoms with E-state index in [0.29, 0.717) is 11.1 Å². The molecular weight excluding hydrogens is 371 g/mol. The molecule has 26 heavy (non-hydrogen) atoms. The minimum Gasteiger partial charge on any atom is -0.329 e. The van der Waals surface area contributed by atoms with Gasteiger partial charge in [-0.2, -0.15) is 18.2 Å². The Hall–Kier alpha value is -3.01. The minimum atomic E-state index is -4.78. The lowest BCUT2D eigenvalue weighted by atomic mass is 10.1. The molecule has 0 fully saturated rings. The van der Waals surface area contributed by atoms with E-state index in [1.54, 1.807) is 24.3 Å². The van der Waals surface area contributed by atoms with E-state index < -0.39 is 21.9 Å². The predicted molar refractivity (Wildman–Crippen MR) is 83.4 cm³/mol. The molecule has 132 valence electrons. The molecule has 1 aliphatic heterocycles. The van der Waals surface area contributed by atoms with Crippen LogP contribution >= 0.6 is 0 Å². The van der Waals surface area contributed by atoms with Crippen LogP contribution in [0.4, 0.5) is 13.2 Å². The third kappa shape index (κ3) is 2.58. The maximum absolute atomic E-state index is 12.9. The van der Waals surface area contributed by atoms with Crippen molar-refractivity contribution in [2.75, 3.05) is 0 Å². The lowest BCUT2D eigenvalue weighted by Gasteiger charge is -2.08. The molecule has 10 heteroatoms. The van der Waals surface area contributed by atoms with Gasteiger partial charge in [0.25, 0.3) is 0 Å². The van der Waals surface area contributed by atoms with Crippen molar-refractivity contribution in [3.05, 3.63) is 53.5 Å². The SMILES string of the molecule is O=S1(=O)c2cc(-c3noc(C(F)(F)F)n3)ccc2C=Cc2cccnc21. The third-order valence-electron chi connectivity index (χ3n) is 3.73. The Bertz CT molecular complexity index is 1150. The van der Waals surface area contributed by atoms with Crippen molar-refractivity contribution in [1.29, 1.82) is 0 Å². The summed E-state index contributed by atoms with van der Waals surface area (Å²) in [6.45, 7) is 0. The van der Waals surface area contributed by atoms with Gasteiger partial charge in [-0.1, -0.05) is 35.5 Å². The van der Waals surface area contributed by atoms with Gasteiger partial charge in [0, 0.05) is 17.3 Å². The number of aromatic nitrogens is 3. The molecule has 0 bridgehead atoms. The summed E-state index contributed by atoms with van der Waals surface area (Å²) in [5, 5.41) is 3.15. The first-order chi connectivity index (χ1) is 12.3. The second-order valence-corrected chi connectivity index (χ2v) is 7.24. The van der Waals surface area contributed by atoms with Crippen LogP contribution in [0.15, 0.2) is 51.0 Å². The highest BCUT2D eigenvalue weighted by molar-refractivity contribution is 7.91. The van der Waals surface area contributed by atoms with Crippen molar-refractivity contribution in [2.24, 2.45) is 0 Å². The molecule has 0 amide bonds. The van der Waals surface area contributed by atoms with Gasteiger partial charge < -0.3 is 4.52 Å². The Morgan fingerprint density at radius 3 is 2.54 bits per heavy atom. The molecule has 0 saturated carbocycles. The highest BCUT2D eigenvalue weighted by Gasteiger charge is 2.38. The van der Waals surface area contributed by atoms with Gasteiger partial charge in [-0.05, 0) is 17.7 Å². The zero-order valence-corrected chi connectivity index (χ0v) is 13.5. The molecule has 3 aromatic rings. The van der Waals surface area contributed by atoms with Crippen molar-refractivity contribution in [1.82, 2.24) is 15.1 Å². The van der Waals surface area contributed by atoms with Crippen molar-refractivity contribution >= 4 is 22.0 Å². The van der Waals surface area contributed by atoms with Gasteiger partial charge in [0.15, 0.2) is 5.03 Å². The third-order valence-corrected chi connectivity index (χ3v) is 5.51. The van der Waals surface area contributed by atoms with Crippen molar-refractivity contribution in [2.45, 2.75) is 16.1 Å². The normalized spacial score (nSPS) is 15.2. The molecule has 6 nitrogen and oxygen atoms in total. The van der Waals surface area contributed by atoms with Crippen molar-refractivity contribution in [3.63, 3.8) is 0 Å². The molecule has 0 saturated heterocycles. The molecule has 4 rings (SSSR count). The average Bonchev–Trinajstić information content (AvgIpc) is 3.07. The van der Waals surface area contributed by atoms with E-state index in [2.05, 4.69) is 19.6 Å². The average molecular weight is 379 g/mol. The summed E-state index contributed by atoms with van der Waals surface area (Å²) in [7, 11) is -3.97. The molecule has 1 aliphatic rings. The summed E-state index contributed by atoms with van der Waals surface area (Å²) in [4.78, 5) is 7.12. The number of hydrogen-bond donors (Lipinski definition) is 0. The fourth-order valence-electron chi connectivity index (χ4n) is 2.54. The van der Waals surface area contributed by atoms with E-state index in [-0.39, 0.29) is 21.3 Å². The molecule has 0 atom stereocenters. The van der Waals surface area contributed by atoms with Crippen LogP contribution in [-0.2, 0) is 16.0 Å². The van der Waals surface area contributed by atoms with Crippen LogP contribution in [0, 0.1) is 0 Å². The van der Waals surface area contributed by atoms with E-state index in [0.717, 1.165) is 0 Å². The number of hydrogen-bond acceptors (Lipinski definition) is 6. The molecule has 2 aromatic heterocycles. The number of pyridine rings is 1. The number of sulfone groups is 1. The van der Waals surface area contributed by atoms with Crippen molar-refractivity contribution in [3.8, 4) is 11.4 Å². The Balaban J connectivity index is 1.88. The van der Waals surface area contributed by atoms with Crippen LogP contribution in [0.1, 0.15) is 17.0 Å². The maximum atomic E-state index is 12.9. The van der Waals surface area contributed by atoms with E-state index in [9.17, 15) is 21.6 Å². The molecule has 0 radical (unpaired) electrons. The Labute approximate surface area is 144 Å². The molecule has 0 aliphatic carbocycles. The highest BCUT2D eigenvalue weighted by atomic mass is 32.2. The number of nitrogens with zero attached hydrogens (tertiary/aromatic N) is 3. The Kier molecular flexibility index (Phi) is 3.48. The van der Waals surface area contributed by atoms with E-state index in [4.69, 9.17) is 0 Å². The lowest BCUT2D eigenvalue weighted by molar-refractivity contribution is -0.159. The number of fused-ring (bicyclic) bond motifs is 2.